The fraction of sp³-hybridized carbons (Fsp3) is 0.400. The number of hydrogen-bond acceptors (Lipinski definition) is 3. The SMILES string of the molecule is CNC(CO)COc1c(F)c(F)cc(F)c1F. The molecule has 96 valence electrons. The zero-order valence-corrected chi connectivity index (χ0v) is 8.94. The summed E-state index contributed by atoms with van der Waals surface area (Å²) in [5, 5.41) is 11.4. The highest BCUT2D eigenvalue weighted by Gasteiger charge is 2.21. The third-order valence-corrected chi connectivity index (χ3v) is 2.13. The molecule has 1 rings (SSSR count). The minimum atomic E-state index is -1.60. The molecule has 0 fully saturated rings. The van der Waals surface area contributed by atoms with E-state index in [2.05, 4.69) is 10.1 Å². The van der Waals surface area contributed by atoms with Crippen LogP contribution in [0.1, 0.15) is 0 Å². The Bertz CT molecular complexity index is 370. The number of benzene rings is 1. The monoisotopic (exact) mass is 253 g/mol. The fourth-order valence-electron chi connectivity index (χ4n) is 1.09. The molecule has 3 nitrogen and oxygen atoms in total. The second-order valence-corrected chi connectivity index (χ2v) is 3.28. The van der Waals surface area contributed by atoms with Crippen LogP contribution in [0.2, 0.25) is 0 Å². The van der Waals surface area contributed by atoms with Crippen molar-refractivity contribution < 1.29 is 27.4 Å². The summed E-state index contributed by atoms with van der Waals surface area (Å²) in [6, 6.07) is -0.501. The summed E-state index contributed by atoms with van der Waals surface area (Å²) in [5.41, 5.74) is 0. The third kappa shape index (κ3) is 3.07. The molecule has 17 heavy (non-hydrogen) atoms. The molecule has 0 aromatic heterocycles. The highest BCUT2D eigenvalue weighted by Crippen LogP contribution is 2.26. The molecule has 0 saturated carbocycles. The lowest BCUT2D eigenvalue weighted by Gasteiger charge is -2.15. The molecule has 0 spiro atoms. The van der Waals surface area contributed by atoms with Gasteiger partial charge in [-0.25, -0.2) is 8.78 Å². The van der Waals surface area contributed by atoms with Gasteiger partial charge < -0.3 is 15.2 Å². The van der Waals surface area contributed by atoms with Crippen LogP contribution in [0.5, 0.6) is 5.75 Å². The Morgan fingerprint density at radius 1 is 1.24 bits per heavy atom. The van der Waals surface area contributed by atoms with Gasteiger partial charge in [0.25, 0.3) is 0 Å². The summed E-state index contributed by atoms with van der Waals surface area (Å²) in [6.07, 6.45) is 0. The Labute approximate surface area is 95.0 Å². The molecule has 1 aromatic rings. The van der Waals surface area contributed by atoms with Crippen molar-refractivity contribution in [1.82, 2.24) is 5.32 Å². The molecule has 1 aromatic carbocycles. The van der Waals surface area contributed by atoms with Crippen molar-refractivity contribution in [2.45, 2.75) is 6.04 Å². The second-order valence-electron chi connectivity index (χ2n) is 3.28. The van der Waals surface area contributed by atoms with Gasteiger partial charge in [-0.2, -0.15) is 8.78 Å². The summed E-state index contributed by atoms with van der Waals surface area (Å²) < 4.78 is 56.4. The van der Waals surface area contributed by atoms with Gasteiger partial charge in [-0.15, -0.1) is 0 Å². The normalized spacial score (nSPS) is 12.6. The minimum absolute atomic E-state index is 0.0964. The fourth-order valence-corrected chi connectivity index (χ4v) is 1.09. The summed E-state index contributed by atoms with van der Waals surface area (Å²) in [5.74, 6) is -7.41. The predicted molar refractivity (Wildman–Crippen MR) is 51.7 cm³/mol. The maximum absolute atomic E-state index is 13.1. The first-order valence-corrected chi connectivity index (χ1v) is 4.75. The quantitative estimate of drug-likeness (QED) is 0.612. The zero-order chi connectivity index (χ0) is 13.0. The Hall–Kier alpha value is -1.34. The lowest BCUT2D eigenvalue weighted by Crippen LogP contribution is -2.35. The van der Waals surface area contributed by atoms with Crippen molar-refractivity contribution in [3.8, 4) is 5.75 Å². The lowest BCUT2D eigenvalue weighted by molar-refractivity contribution is 0.178. The van der Waals surface area contributed by atoms with Gasteiger partial charge >= 0.3 is 0 Å². The molecular formula is C10H11F4NO2. The van der Waals surface area contributed by atoms with Gasteiger partial charge in [-0.05, 0) is 7.05 Å². The molecule has 0 aliphatic carbocycles. The van der Waals surface area contributed by atoms with Crippen molar-refractivity contribution in [3.63, 3.8) is 0 Å². The van der Waals surface area contributed by atoms with E-state index in [0.717, 1.165) is 0 Å². The number of likely N-dealkylation sites (N-methyl/N-ethyl adjacent to an activating group) is 1. The zero-order valence-electron chi connectivity index (χ0n) is 8.94. The van der Waals surface area contributed by atoms with Crippen LogP contribution in [0.3, 0.4) is 0 Å². The van der Waals surface area contributed by atoms with Gasteiger partial charge in [0.1, 0.15) is 6.61 Å². The van der Waals surface area contributed by atoms with Crippen LogP contribution in [0.25, 0.3) is 0 Å². The topological polar surface area (TPSA) is 41.5 Å². The van der Waals surface area contributed by atoms with E-state index in [0.29, 0.717) is 0 Å². The Morgan fingerprint density at radius 2 is 1.76 bits per heavy atom. The van der Waals surface area contributed by atoms with E-state index in [1.54, 1.807) is 0 Å². The van der Waals surface area contributed by atoms with Crippen LogP contribution in [-0.4, -0.2) is 31.4 Å². The van der Waals surface area contributed by atoms with Crippen molar-refractivity contribution >= 4 is 0 Å². The standard InChI is InChI=1S/C10H11F4NO2/c1-15-5(3-16)4-17-10-8(13)6(11)2-7(12)9(10)14/h2,5,15-16H,3-4H2,1H3. The number of hydrogen-bond donors (Lipinski definition) is 2. The van der Waals surface area contributed by atoms with Gasteiger partial charge in [-0.3, -0.25) is 0 Å². The second kappa shape index (κ2) is 5.83. The van der Waals surface area contributed by atoms with Gasteiger partial charge in [-0.1, -0.05) is 0 Å². The molecule has 1 unspecified atom stereocenters. The number of aliphatic hydroxyl groups is 1. The van der Waals surface area contributed by atoms with E-state index in [-0.39, 0.29) is 19.3 Å². The molecule has 0 heterocycles. The molecule has 1 atom stereocenters. The molecular weight excluding hydrogens is 242 g/mol. The van der Waals surface area contributed by atoms with Gasteiger partial charge in [0.15, 0.2) is 17.4 Å². The van der Waals surface area contributed by atoms with E-state index < -0.39 is 35.1 Å². The highest BCUT2D eigenvalue weighted by atomic mass is 19.2. The van der Waals surface area contributed by atoms with E-state index in [1.165, 1.54) is 7.05 Å². The molecule has 0 aliphatic rings. The average Bonchev–Trinajstić information content (AvgIpc) is 2.31. The van der Waals surface area contributed by atoms with Crippen LogP contribution >= 0.6 is 0 Å². The van der Waals surface area contributed by atoms with Crippen LogP contribution in [0.4, 0.5) is 17.6 Å². The maximum atomic E-state index is 13.1. The van der Waals surface area contributed by atoms with Gasteiger partial charge in [0, 0.05) is 6.07 Å². The molecule has 0 amide bonds. The number of halogens is 4. The largest absolute Gasteiger partial charge is 0.486 e. The van der Waals surface area contributed by atoms with Gasteiger partial charge in [0.2, 0.25) is 11.6 Å². The number of nitrogens with one attached hydrogen (secondary N) is 1. The number of ether oxygens (including phenoxy) is 1. The first-order valence-electron chi connectivity index (χ1n) is 4.75. The molecule has 2 N–H and O–H groups in total. The average molecular weight is 253 g/mol. The van der Waals surface area contributed by atoms with E-state index in [1.807, 2.05) is 0 Å². The minimum Gasteiger partial charge on any atom is -0.486 e. The van der Waals surface area contributed by atoms with E-state index >= 15 is 0 Å². The first kappa shape index (κ1) is 13.7. The molecule has 0 aliphatic heterocycles. The van der Waals surface area contributed by atoms with Crippen molar-refractivity contribution in [1.29, 1.82) is 0 Å². The maximum Gasteiger partial charge on any atom is 0.203 e. The summed E-state index contributed by atoms with van der Waals surface area (Å²) in [4.78, 5) is 0. The Balaban J connectivity index is 2.90. The lowest BCUT2D eigenvalue weighted by atomic mass is 10.3. The smallest absolute Gasteiger partial charge is 0.203 e. The van der Waals surface area contributed by atoms with Crippen LogP contribution < -0.4 is 10.1 Å². The molecule has 0 saturated heterocycles. The van der Waals surface area contributed by atoms with E-state index in [4.69, 9.17) is 5.11 Å². The van der Waals surface area contributed by atoms with Crippen LogP contribution in [0, 0.1) is 23.3 Å². The Morgan fingerprint density at radius 3 is 2.18 bits per heavy atom. The predicted octanol–water partition coefficient (Wildman–Crippen LogP) is 1.20. The Kier molecular flexibility index (Phi) is 4.71. The highest BCUT2D eigenvalue weighted by molar-refractivity contribution is 5.28. The number of rotatable bonds is 5. The van der Waals surface area contributed by atoms with E-state index in [9.17, 15) is 17.6 Å². The van der Waals surface area contributed by atoms with Gasteiger partial charge in [0.05, 0.1) is 12.6 Å². The van der Waals surface area contributed by atoms with Crippen LogP contribution in [0.15, 0.2) is 6.07 Å². The third-order valence-electron chi connectivity index (χ3n) is 2.13. The summed E-state index contributed by atoms with van der Waals surface area (Å²) >= 11 is 0. The number of aliphatic hydroxyl groups excluding tert-OH is 1. The van der Waals surface area contributed by atoms with Crippen LogP contribution in [-0.2, 0) is 0 Å². The summed E-state index contributed by atoms with van der Waals surface area (Å²) in [7, 11) is 1.49. The molecule has 0 bridgehead atoms. The van der Waals surface area contributed by atoms with Crippen molar-refractivity contribution in [2.75, 3.05) is 20.3 Å². The summed E-state index contributed by atoms with van der Waals surface area (Å²) in [6.45, 7) is -0.679. The van der Waals surface area contributed by atoms with Crippen molar-refractivity contribution in [2.24, 2.45) is 0 Å². The molecule has 7 heteroatoms. The first-order chi connectivity index (χ1) is 8.01. The van der Waals surface area contributed by atoms with Crippen molar-refractivity contribution in [3.05, 3.63) is 29.3 Å². The molecule has 0 radical (unpaired) electrons.